The molecule has 3 aromatic rings. The Morgan fingerprint density at radius 2 is 1.82 bits per heavy atom. The highest BCUT2D eigenvalue weighted by atomic mass is 35.5. The Morgan fingerprint density at radius 3 is 2.62 bits per heavy atom. The second-order valence-electron chi connectivity index (χ2n) is 8.62. The van der Waals surface area contributed by atoms with Gasteiger partial charge in [0.15, 0.2) is 5.75 Å². The lowest BCUT2D eigenvalue weighted by Gasteiger charge is -2.37. The van der Waals surface area contributed by atoms with Crippen molar-refractivity contribution in [1.82, 2.24) is 9.88 Å². The number of aryl methyl sites for hydroxylation is 2. The highest BCUT2D eigenvalue weighted by molar-refractivity contribution is 6.30. The van der Waals surface area contributed by atoms with Crippen LogP contribution in [0, 0.1) is 13.8 Å². The quantitative estimate of drug-likeness (QED) is 0.558. The van der Waals surface area contributed by atoms with Crippen molar-refractivity contribution >= 4 is 34.8 Å². The molecule has 0 bridgehead atoms. The predicted octanol–water partition coefficient (Wildman–Crippen LogP) is 4.45. The number of amides is 2. The number of carbonyl (C=O) groups is 2. The Balaban J connectivity index is 1.35. The van der Waals surface area contributed by atoms with E-state index in [1.165, 1.54) is 4.90 Å². The van der Waals surface area contributed by atoms with Crippen molar-refractivity contribution in [3.05, 3.63) is 76.4 Å². The van der Waals surface area contributed by atoms with Crippen LogP contribution in [0.1, 0.15) is 21.5 Å². The summed E-state index contributed by atoms with van der Waals surface area (Å²) >= 11 is 6.20. The monoisotopic (exact) mass is 476 g/mol. The molecule has 7 nitrogen and oxygen atoms in total. The topological polar surface area (TPSA) is 66.0 Å². The lowest BCUT2D eigenvalue weighted by molar-refractivity contribution is -0.129. The van der Waals surface area contributed by atoms with E-state index < -0.39 is 0 Å². The van der Waals surface area contributed by atoms with E-state index in [-0.39, 0.29) is 24.2 Å². The van der Waals surface area contributed by atoms with E-state index in [2.05, 4.69) is 16.8 Å². The van der Waals surface area contributed by atoms with Gasteiger partial charge in [0, 0.05) is 43.1 Å². The van der Waals surface area contributed by atoms with E-state index in [9.17, 15) is 9.59 Å². The molecule has 2 amide bonds. The Morgan fingerprint density at radius 1 is 1.03 bits per heavy atom. The van der Waals surface area contributed by atoms with Gasteiger partial charge in [0.05, 0.1) is 5.69 Å². The number of benzene rings is 2. The van der Waals surface area contributed by atoms with Crippen LogP contribution in [-0.2, 0) is 4.79 Å². The molecule has 2 aliphatic rings. The minimum Gasteiger partial charge on any atom is -0.436 e. The molecule has 3 heterocycles. The van der Waals surface area contributed by atoms with Crippen LogP contribution in [0.4, 0.5) is 11.4 Å². The van der Waals surface area contributed by atoms with Crippen LogP contribution in [-0.4, -0.2) is 54.4 Å². The fourth-order valence-electron chi connectivity index (χ4n) is 4.43. The molecule has 0 radical (unpaired) electrons. The van der Waals surface area contributed by atoms with E-state index in [1.807, 2.05) is 48.2 Å². The van der Waals surface area contributed by atoms with Crippen LogP contribution in [0.5, 0.6) is 11.6 Å². The minimum atomic E-state index is -0.297. The minimum absolute atomic E-state index is 0.0663. The summed E-state index contributed by atoms with van der Waals surface area (Å²) in [6, 6.07) is 14.8. The van der Waals surface area contributed by atoms with Gasteiger partial charge in [-0.15, -0.1) is 0 Å². The van der Waals surface area contributed by atoms with Crippen molar-refractivity contribution in [2.75, 3.05) is 42.5 Å². The molecular weight excluding hydrogens is 452 g/mol. The third-order valence-electron chi connectivity index (χ3n) is 6.30. The number of hydrogen-bond acceptors (Lipinski definition) is 5. The molecule has 0 atom stereocenters. The van der Waals surface area contributed by atoms with Crippen molar-refractivity contribution in [3.63, 3.8) is 0 Å². The molecule has 0 unspecified atom stereocenters. The number of fused-ring (bicyclic) bond motifs is 2. The molecule has 1 saturated heterocycles. The van der Waals surface area contributed by atoms with Gasteiger partial charge in [-0.2, -0.15) is 0 Å². The Kier molecular flexibility index (Phi) is 5.87. The second-order valence-corrected chi connectivity index (χ2v) is 9.06. The number of carbonyl (C=O) groups excluding carboxylic acids is 2. The van der Waals surface area contributed by atoms with Gasteiger partial charge in [-0.3, -0.25) is 14.5 Å². The number of ether oxygens (including phenoxy) is 1. The molecule has 174 valence electrons. The maximum atomic E-state index is 13.4. The summed E-state index contributed by atoms with van der Waals surface area (Å²) in [5, 5.41) is 0.699. The van der Waals surface area contributed by atoms with Gasteiger partial charge in [0.2, 0.25) is 11.8 Å². The lowest BCUT2D eigenvalue weighted by Crippen LogP contribution is -2.52. The zero-order valence-corrected chi connectivity index (χ0v) is 19.9. The molecule has 2 aliphatic heterocycles. The first-order valence-electron chi connectivity index (χ1n) is 11.2. The van der Waals surface area contributed by atoms with Gasteiger partial charge in [-0.1, -0.05) is 23.7 Å². The molecule has 0 aliphatic carbocycles. The van der Waals surface area contributed by atoms with Crippen LogP contribution in [0.15, 0.2) is 54.7 Å². The van der Waals surface area contributed by atoms with Gasteiger partial charge in [0.1, 0.15) is 12.1 Å². The number of aromatic nitrogens is 1. The smallest absolute Gasteiger partial charge is 0.264 e. The fraction of sp³-hybridized carbons (Fsp3) is 0.269. The zero-order valence-electron chi connectivity index (χ0n) is 19.1. The number of anilines is 2. The van der Waals surface area contributed by atoms with E-state index >= 15 is 0 Å². The standard InChI is InChI=1S/C26H25ClN4O3/c1-17-5-8-23-22(14-17)31(26(33)20-4-3-9-28-25(20)34-23)16-24(32)30-12-10-29(11-13-30)21-15-19(27)7-6-18(21)2/h3-9,14-15H,10-13,16H2,1-2H3. The Bertz CT molecular complexity index is 1270. The molecular formula is C26H25ClN4O3. The van der Waals surface area contributed by atoms with Crippen molar-refractivity contribution in [2.24, 2.45) is 0 Å². The molecule has 1 aromatic heterocycles. The van der Waals surface area contributed by atoms with Gasteiger partial charge >= 0.3 is 0 Å². The fourth-order valence-corrected chi connectivity index (χ4v) is 4.60. The number of nitrogens with zero attached hydrogens (tertiary/aromatic N) is 4. The number of hydrogen-bond donors (Lipinski definition) is 0. The van der Waals surface area contributed by atoms with Crippen molar-refractivity contribution in [1.29, 1.82) is 0 Å². The van der Waals surface area contributed by atoms with Gasteiger partial charge in [0.25, 0.3) is 5.91 Å². The predicted molar refractivity (Wildman–Crippen MR) is 132 cm³/mol. The van der Waals surface area contributed by atoms with E-state index in [1.54, 1.807) is 18.3 Å². The van der Waals surface area contributed by atoms with Gasteiger partial charge in [-0.05, 0) is 61.4 Å². The summed E-state index contributed by atoms with van der Waals surface area (Å²) in [5.41, 5.74) is 4.12. The first-order chi connectivity index (χ1) is 16.4. The van der Waals surface area contributed by atoms with Crippen LogP contribution in [0.3, 0.4) is 0 Å². The first kappa shape index (κ1) is 22.2. The van der Waals surface area contributed by atoms with Crippen LogP contribution in [0.2, 0.25) is 5.02 Å². The van der Waals surface area contributed by atoms with Crippen molar-refractivity contribution < 1.29 is 14.3 Å². The van der Waals surface area contributed by atoms with E-state index in [0.29, 0.717) is 48.2 Å². The summed E-state index contributed by atoms with van der Waals surface area (Å²) in [4.78, 5) is 36.6. The number of piperazine rings is 1. The Hall–Kier alpha value is -3.58. The zero-order chi connectivity index (χ0) is 23.8. The average molecular weight is 477 g/mol. The van der Waals surface area contributed by atoms with E-state index in [4.69, 9.17) is 16.3 Å². The van der Waals surface area contributed by atoms with Crippen LogP contribution in [0.25, 0.3) is 0 Å². The Labute approximate surface area is 203 Å². The van der Waals surface area contributed by atoms with Crippen molar-refractivity contribution in [2.45, 2.75) is 13.8 Å². The van der Waals surface area contributed by atoms with Gasteiger partial charge in [-0.25, -0.2) is 4.98 Å². The molecule has 0 N–H and O–H groups in total. The molecule has 0 saturated carbocycles. The molecule has 1 fully saturated rings. The third kappa shape index (κ3) is 4.19. The molecule has 8 heteroatoms. The third-order valence-corrected chi connectivity index (χ3v) is 6.53. The van der Waals surface area contributed by atoms with Gasteiger partial charge < -0.3 is 14.5 Å². The maximum absolute atomic E-state index is 13.4. The second kappa shape index (κ2) is 8.99. The average Bonchev–Trinajstić information content (AvgIpc) is 2.95. The maximum Gasteiger partial charge on any atom is 0.264 e. The van der Waals surface area contributed by atoms with Crippen LogP contribution < -0.4 is 14.5 Å². The summed E-state index contributed by atoms with van der Waals surface area (Å²) in [5.74, 6) is 0.355. The molecule has 5 rings (SSSR count). The summed E-state index contributed by atoms with van der Waals surface area (Å²) in [6.45, 7) is 6.48. The van der Waals surface area contributed by atoms with Crippen LogP contribution >= 0.6 is 11.6 Å². The largest absolute Gasteiger partial charge is 0.436 e. The number of halogens is 1. The summed E-state index contributed by atoms with van der Waals surface area (Å²) in [7, 11) is 0. The summed E-state index contributed by atoms with van der Waals surface area (Å²) in [6.07, 6.45) is 1.59. The lowest BCUT2D eigenvalue weighted by atomic mass is 10.1. The number of rotatable bonds is 3. The molecule has 0 spiro atoms. The normalized spacial score (nSPS) is 15.4. The molecule has 34 heavy (non-hydrogen) atoms. The summed E-state index contributed by atoms with van der Waals surface area (Å²) < 4.78 is 5.95. The van der Waals surface area contributed by atoms with Crippen molar-refractivity contribution in [3.8, 4) is 11.6 Å². The highest BCUT2D eigenvalue weighted by Gasteiger charge is 2.32. The molecule has 2 aromatic carbocycles. The highest BCUT2D eigenvalue weighted by Crippen LogP contribution is 2.38. The number of pyridine rings is 1. The SMILES string of the molecule is Cc1ccc2c(c1)N(CC(=O)N1CCN(c3cc(Cl)ccc3C)CC1)C(=O)c1cccnc1O2. The first-order valence-corrected chi connectivity index (χ1v) is 11.6. The van der Waals surface area contributed by atoms with E-state index in [0.717, 1.165) is 16.8 Å².